The van der Waals surface area contributed by atoms with Crippen LogP contribution in [0.2, 0.25) is 5.15 Å². The van der Waals surface area contributed by atoms with Crippen LogP contribution in [0.4, 0.5) is 22.0 Å². The molecule has 0 radical (unpaired) electrons. The molecule has 3 rings (SSSR count). The normalized spacial score (nSPS) is 12.8. The fourth-order valence-electron chi connectivity index (χ4n) is 2.59. The lowest BCUT2D eigenvalue weighted by molar-refractivity contribution is -0.149. The number of hydrogen-bond donors (Lipinski definition) is 1. The van der Waals surface area contributed by atoms with Crippen molar-refractivity contribution in [3.63, 3.8) is 0 Å². The third kappa shape index (κ3) is 3.93. The van der Waals surface area contributed by atoms with Crippen molar-refractivity contribution < 1.29 is 26.7 Å². The van der Waals surface area contributed by atoms with E-state index in [2.05, 4.69) is 4.98 Å². The Balaban J connectivity index is 2.29. The molecule has 5 nitrogen and oxygen atoms in total. The van der Waals surface area contributed by atoms with Crippen molar-refractivity contribution >= 4 is 28.5 Å². The number of hydrogen-bond acceptors (Lipinski definition) is 3. The number of alkyl halides is 3. The zero-order valence-electron chi connectivity index (χ0n) is 14.5. The largest absolute Gasteiger partial charge is 0.408 e. The van der Waals surface area contributed by atoms with Gasteiger partial charge >= 0.3 is 6.18 Å². The second-order valence-corrected chi connectivity index (χ2v) is 6.44. The van der Waals surface area contributed by atoms with Gasteiger partial charge < -0.3 is 5.32 Å². The van der Waals surface area contributed by atoms with Crippen LogP contribution in [0, 0.1) is 11.6 Å². The molecule has 0 aliphatic carbocycles. The van der Waals surface area contributed by atoms with Gasteiger partial charge in [-0.15, -0.1) is 0 Å². The van der Waals surface area contributed by atoms with Gasteiger partial charge in [-0.2, -0.15) is 13.2 Å². The molecule has 11 heteroatoms. The van der Waals surface area contributed by atoms with E-state index < -0.39 is 46.4 Å². The minimum absolute atomic E-state index is 0.106. The van der Waals surface area contributed by atoms with Gasteiger partial charge in [0, 0.05) is 6.20 Å². The summed E-state index contributed by atoms with van der Waals surface area (Å²) in [5, 5.41) is 1.28. The van der Waals surface area contributed by atoms with Crippen molar-refractivity contribution in [3.05, 3.63) is 69.1 Å². The van der Waals surface area contributed by atoms with E-state index in [0.717, 1.165) is 35.0 Å². The van der Waals surface area contributed by atoms with Gasteiger partial charge in [-0.3, -0.25) is 14.2 Å². The number of benzene rings is 1. The number of aromatic nitrogens is 2. The Morgan fingerprint density at radius 1 is 1.17 bits per heavy atom. The van der Waals surface area contributed by atoms with Crippen LogP contribution >= 0.6 is 11.6 Å². The first-order chi connectivity index (χ1) is 13.5. The van der Waals surface area contributed by atoms with E-state index in [-0.39, 0.29) is 16.2 Å². The van der Waals surface area contributed by atoms with E-state index in [9.17, 15) is 31.5 Å². The highest BCUT2D eigenvalue weighted by Gasteiger charge is 2.37. The molecule has 0 saturated heterocycles. The van der Waals surface area contributed by atoms with Crippen LogP contribution in [0.25, 0.3) is 16.7 Å². The summed E-state index contributed by atoms with van der Waals surface area (Å²) in [6.45, 7) is 0.690. The third-order valence-corrected chi connectivity index (χ3v) is 4.29. The Kier molecular flexibility index (Phi) is 5.31. The van der Waals surface area contributed by atoms with Gasteiger partial charge in [0.1, 0.15) is 39.7 Å². The quantitative estimate of drug-likeness (QED) is 0.503. The van der Waals surface area contributed by atoms with Crippen LogP contribution in [0.1, 0.15) is 17.3 Å². The first kappa shape index (κ1) is 20.7. The Bertz CT molecular complexity index is 1160. The van der Waals surface area contributed by atoms with Crippen LogP contribution < -0.4 is 10.7 Å². The molecule has 29 heavy (non-hydrogen) atoms. The molecule has 1 N–H and O–H groups in total. The standard InChI is InChI=1S/C18H11ClF5N3O2/c1-8(18(22,23)24)25-17(29)10-7-27(14-11(20)3-2-4-12(14)21)16-9(15(10)28)5-6-13(19)26-16/h2-8H,1H3,(H,25,29). The van der Waals surface area contributed by atoms with Gasteiger partial charge in [0.05, 0.1) is 5.39 Å². The number of nitrogens with one attached hydrogen (secondary N) is 1. The van der Waals surface area contributed by atoms with E-state index in [0.29, 0.717) is 6.92 Å². The first-order valence-corrected chi connectivity index (χ1v) is 8.42. The molecular formula is C18H11ClF5N3O2. The van der Waals surface area contributed by atoms with Crippen molar-refractivity contribution in [1.82, 2.24) is 14.9 Å². The number of carbonyl (C=O) groups is 1. The summed E-state index contributed by atoms with van der Waals surface area (Å²) >= 11 is 5.81. The zero-order valence-corrected chi connectivity index (χ0v) is 15.3. The predicted octanol–water partition coefficient (Wildman–Crippen LogP) is 4.00. The van der Waals surface area contributed by atoms with E-state index in [4.69, 9.17) is 11.6 Å². The van der Waals surface area contributed by atoms with E-state index in [1.54, 1.807) is 5.32 Å². The summed E-state index contributed by atoms with van der Waals surface area (Å²) in [6, 6.07) is 3.06. The molecule has 0 spiro atoms. The molecule has 2 aromatic heterocycles. The van der Waals surface area contributed by atoms with Crippen molar-refractivity contribution in [2.45, 2.75) is 19.1 Å². The van der Waals surface area contributed by atoms with Crippen molar-refractivity contribution in [2.24, 2.45) is 0 Å². The lowest BCUT2D eigenvalue weighted by atomic mass is 10.1. The predicted molar refractivity (Wildman–Crippen MR) is 95.2 cm³/mol. The molecule has 152 valence electrons. The summed E-state index contributed by atoms with van der Waals surface area (Å²) in [5.41, 5.74) is -2.67. The molecule has 0 bridgehead atoms. The maximum atomic E-state index is 14.3. The van der Waals surface area contributed by atoms with E-state index in [1.165, 1.54) is 6.07 Å². The molecule has 1 aromatic carbocycles. The molecule has 0 aliphatic rings. The third-order valence-electron chi connectivity index (χ3n) is 4.08. The van der Waals surface area contributed by atoms with Gasteiger partial charge in [0.2, 0.25) is 5.43 Å². The Labute approximate surface area is 164 Å². The summed E-state index contributed by atoms with van der Waals surface area (Å²) in [7, 11) is 0. The van der Waals surface area contributed by atoms with Crippen LogP contribution in [0.5, 0.6) is 0 Å². The van der Waals surface area contributed by atoms with Gasteiger partial charge in [0.25, 0.3) is 5.91 Å². The van der Waals surface area contributed by atoms with Gasteiger partial charge in [-0.25, -0.2) is 13.8 Å². The summed E-state index contributed by atoms with van der Waals surface area (Å²) in [4.78, 5) is 28.8. The number of carbonyl (C=O) groups excluding carboxylic acids is 1. The van der Waals surface area contributed by atoms with E-state index in [1.807, 2.05) is 0 Å². The Morgan fingerprint density at radius 3 is 2.38 bits per heavy atom. The number of nitrogens with zero attached hydrogens (tertiary/aromatic N) is 2. The molecule has 1 atom stereocenters. The van der Waals surface area contributed by atoms with Gasteiger partial charge in [-0.1, -0.05) is 17.7 Å². The Morgan fingerprint density at radius 2 is 1.79 bits per heavy atom. The van der Waals surface area contributed by atoms with Crippen molar-refractivity contribution in [1.29, 1.82) is 0 Å². The fourth-order valence-corrected chi connectivity index (χ4v) is 2.73. The molecule has 1 amide bonds. The highest BCUT2D eigenvalue weighted by atomic mass is 35.5. The maximum Gasteiger partial charge on any atom is 0.408 e. The molecule has 1 unspecified atom stereocenters. The minimum atomic E-state index is -4.75. The minimum Gasteiger partial charge on any atom is -0.340 e. The highest BCUT2D eigenvalue weighted by Crippen LogP contribution is 2.24. The van der Waals surface area contributed by atoms with Gasteiger partial charge in [0.15, 0.2) is 0 Å². The van der Waals surface area contributed by atoms with Crippen LogP contribution in [0.3, 0.4) is 0 Å². The second-order valence-electron chi connectivity index (χ2n) is 6.05. The summed E-state index contributed by atoms with van der Waals surface area (Å²) in [5.74, 6) is -3.46. The topological polar surface area (TPSA) is 64.0 Å². The monoisotopic (exact) mass is 431 g/mol. The molecular weight excluding hydrogens is 421 g/mol. The average Bonchev–Trinajstić information content (AvgIpc) is 2.62. The highest BCUT2D eigenvalue weighted by molar-refractivity contribution is 6.29. The lowest BCUT2D eigenvalue weighted by Gasteiger charge is -2.18. The fraction of sp³-hybridized carbons (Fsp3) is 0.167. The van der Waals surface area contributed by atoms with Crippen LogP contribution in [0.15, 0.2) is 41.3 Å². The molecule has 2 heterocycles. The zero-order chi connectivity index (χ0) is 21.5. The Hall–Kier alpha value is -3.01. The number of amides is 1. The first-order valence-electron chi connectivity index (χ1n) is 8.04. The number of pyridine rings is 2. The molecule has 0 fully saturated rings. The second kappa shape index (κ2) is 7.43. The van der Waals surface area contributed by atoms with Crippen LogP contribution in [-0.4, -0.2) is 27.7 Å². The summed E-state index contributed by atoms with van der Waals surface area (Å²) in [6.07, 6.45) is -4.02. The summed E-state index contributed by atoms with van der Waals surface area (Å²) < 4.78 is 67.6. The maximum absolute atomic E-state index is 14.3. The number of halogens is 6. The number of para-hydroxylation sites is 1. The SMILES string of the molecule is CC(NC(=O)c1cn(-c2c(F)cccc2F)c2nc(Cl)ccc2c1=O)C(F)(F)F. The molecule has 3 aromatic rings. The smallest absolute Gasteiger partial charge is 0.340 e. The van der Waals surface area contributed by atoms with Crippen molar-refractivity contribution in [3.8, 4) is 5.69 Å². The van der Waals surface area contributed by atoms with Crippen molar-refractivity contribution in [2.75, 3.05) is 0 Å². The molecule has 0 saturated carbocycles. The average molecular weight is 432 g/mol. The number of rotatable bonds is 3. The lowest BCUT2D eigenvalue weighted by Crippen LogP contribution is -2.44. The molecule has 0 aliphatic heterocycles. The van der Waals surface area contributed by atoms with Gasteiger partial charge in [-0.05, 0) is 31.2 Å². The van der Waals surface area contributed by atoms with Crippen LogP contribution in [-0.2, 0) is 0 Å². The number of fused-ring (bicyclic) bond motifs is 1. The van der Waals surface area contributed by atoms with E-state index >= 15 is 0 Å².